The number of rotatable bonds is 3. The molecule has 0 aliphatic heterocycles. The number of phenolic OH excluding ortho intramolecular Hbond substituents is 6. The van der Waals surface area contributed by atoms with E-state index in [1.54, 1.807) is 0 Å². The van der Waals surface area contributed by atoms with Crippen LogP contribution in [0.15, 0.2) is 85.5 Å². The number of hydrogen-bond acceptors (Lipinski definition) is 12. The maximum absolute atomic E-state index is 8.67. The Morgan fingerprint density at radius 1 is 0.327 bits per heavy atom. The van der Waals surface area contributed by atoms with Crippen LogP contribution in [0.3, 0.4) is 0 Å². The Morgan fingerprint density at radius 3 is 0.673 bits per heavy atom. The van der Waals surface area contributed by atoms with Gasteiger partial charge in [-0.1, -0.05) is 0 Å². The molecule has 6 aromatic rings. The molecule has 0 aliphatic rings. The molecule has 12 nitrogen and oxygen atoms in total. The quantitative estimate of drug-likeness (QED) is 0.107. The number of aryl methyl sites for hydroxylation is 10. The second-order valence-electron chi connectivity index (χ2n) is 11.8. The zero-order valence-corrected chi connectivity index (χ0v) is 30.9. The van der Waals surface area contributed by atoms with Crippen molar-refractivity contribution in [1.29, 1.82) is 0 Å². The number of pyridine rings is 2. The number of aromatic nitrogens is 6. The van der Waals surface area contributed by atoms with Crippen molar-refractivity contribution in [3.05, 3.63) is 142 Å². The van der Waals surface area contributed by atoms with Crippen LogP contribution in [0.5, 0.6) is 34.5 Å². The number of hydrogen-bond donors (Lipinski definition) is 6. The van der Waals surface area contributed by atoms with Crippen LogP contribution in [-0.4, -0.2) is 60.5 Å². The Morgan fingerprint density at radius 2 is 0.500 bits per heavy atom. The van der Waals surface area contributed by atoms with E-state index in [1.807, 2.05) is 80.2 Å². The van der Waals surface area contributed by atoms with E-state index >= 15 is 0 Å². The van der Waals surface area contributed by atoms with Crippen molar-refractivity contribution < 1.29 is 30.6 Å². The summed E-state index contributed by atoms with van der Waals surface area (Å²) in [7, 11) is 0. The Kier molecular flexibility index (Phi) is 16.9. The van der Waals surface area contributed by atoms with Gasteiger partial charge in [0.15, 0.2) is 0 Å². The third kappa shape index (κ3) is 15.9. The summed E-state index contributed by atoms with van der Waals surface area (Å²) in [6.07, 6.45) is 9.46. The van der Waals surface area contributed by atoms with Gasteiger partial charge in [0, 0.05) is 61.2 Å². The molecule has 0 bridgehead atoms. The van der Waals surface area contributed by atoms with Gasteiger partial charge in [-0.3, -0.25) is 29.9 Å². The van der Waals surface area contributed by atoms with Crippen LogP contribution < -0.4 is 0 Å². The molecule has 12 heteroatoms. The average molecular weight is 709 g/mol. The topological polar surface area (TPSA) is 199 Å². The fourth-order valence-electron chi connectivity index (χ4n) is 4.20. The first-order valence-corrected chi connectivity index (χ1v) is 16.3. The van der Waals surface area contributed by atoms with E-state index in [9.17, 15) is 0 Å². The van der Waals surface area contributed by atoms with Crippen molar-refractivity contribution in [3.8, 4) is 34.5 Å². The van der Waals surface area contributed by atoms with Crippen molar-refractivity contribution in [1.82, 2.24) is 29.9 Å². The van der Waals surface area contributed by atoms with E-state index in [0.29, 0.717) is 0 Å². The number of aromatic hydroxyl groups is 6. The predicted molar refractivity (Wildman–Crippen MR) is 201 cm³/mol. The molecule has 0 unspecified atom stereocenters. The lowest BCUT2D eigenvalue weighted by atomic mass is 10.1. The normalized spacial score (nSPS) is 9.77. The third-order valence-corrected chi connectivity index (χ3v) is 7.41. The molecule has 6 rings (SSSR count). The summed E-state index contributed by atoms with van der Waals surface area (Å²) in [6, 6.07) is 15.1. The van der Waals surface area contributed by atoms with Crippen molar-refractivity contribution in [2.24, 2.45) is 0 Å². The summed E-state index contributed by atoms with van der Waals surface area (Å²) >= 11 is 0. The van der Waals surface area contributed by atoms with Crippen molar-refractivity contribution in [3.63, 3.8) is 0 Å². The van der Waals surface area contributed by atoms with Crippen molar-refractivity contribution in [2.45, 2.75) is 68.2 Å². The molecule has 2 aromatic carbocycles. The molecule has 4 aromatic heterocycles. The maximum Gasteiger partial charge on any atom is 0.122 e. The lowest BCUT2D eigenvalue weighted by Crippen LogP contribution is -1.97. The second-order valence-corrected chi connectivity index (χ2v) is 11.8. The van der Waals surface area contributed by atoms with E-state index in [0.717, 1.165) is 94.8 Å². The second kappa shape index (κ2) is 21.0. The highest BCUT2D eigenvalue weighted by atomic mass is 16.3. The molecule has 52 heavy (non-hydrogen) atoms. The van der Waals surface area contributed by atoms with Crippen molar-refractivity contribution >= 4 is 0 Å². The fourth-order valence-corrected chi connectivity index (χ4v) is 4.20. The van der Waals surface area contributed by atoms with Crippen LogP contribution in [-0.2, 0) is 12.8 Å². The minimum Gasteiger partial charge on any atom is -0.508 e. The first-order valence-electron chi connectivity index (χ1n) is 16.3. The minimum absolute atomic E-state index is 0.146. The van der Waals surface area contributed by atoms with E-state index in [-0.39, 0.29) is 34.5 Å². The summed E-state index contributed by atoms with van der Waals surface area (Å²) in [4.78, 5) is 25.2. The average Bonchev–Trinajstić information content (AvgIpc) is 3.07. The molecule has 0 aliphatic carbocycles. The molecule has 6 N–H and O–H groups in total. The molecular weight excluding hydrogens is 660 g/mol. The zero-order valence-electron chi connectivity index (χ0n) is 30.9. The molecule has 0 saturated heterocycles. The van der Waals surface area contributed by atoms with Gasteiger partial charge in [-0.15, -0.1) is 0 Å². The first-order chi connectivity index (χ1) is 24.5. The molecule has 0 fully saturated rings. The number of phenols is 6. The molecule has 0 saturated carbocycles. The van der Waals surface area contributed by atoms with Crippen LogP contribution in [0.2, 0.25) is 0 Å². The highest BCUT2D eigenvalue weighted by Crippen LogP contribution is 2.24. The van der Waals surface area contributed by atoms with Gasteiger partial charge in [0.05, 0.1) is 45.6 Å². The van der Waals surface area contributed by atoms with Crippen LogP contribution in [0.25, 0.3) is 0 Å². The van der Waals surface area contributed by atoms with E-state index in [2.05, 4.69) is 54.2 Å². The first kappa shape index (κ1) is 41.9. The molecule has 4 heterocycles. The Bertz CT molecular complexity index is 1650. The molecule has 0 radical (unpaired) electrons. The van der Waals surface area contributed by atoms with Crippen LogP contribution in [0.4, 0.5) is 0 Å². The van der Waals surface area contributed by atoms with E-state index in [4.69, 9.17) is 30.6 Å². The van der Waals surface area contributed by atoms with Gasteiger partial charge >= 0.3 is 0 Å². The highest BCUT2D eigenvalue weighted by Gasteiger charge is 2.00. The maximum atomic E-state index is 8.67. The summed E-state index contributed by atoms with van der Waals surface area (Å²) < 4.78 is 0. The van der Waals surface area contributed by atoms with Crippen LogP contribution in [0, 0.1) is 55.4 Å². The predicted octanol–water partition coefficient (Wildman–Crippen LogP) is 7.29. The highest BCUT2D eigenvalue weighted by molar-refractivity contribution is 5.40. The van der Waals surface area contributed by atoms with Gasteiger partial charge in [0.1, 0.15) is 34.5 Å². The minimum atomic E-state index is -0.146. The van der Waals surface area contributed by atoms with Crippen LogP contribution in [0.1, 0.15) is 56.7 Å². The SMILES string of the molecule is Cc1nc(C)c(C)nc1C.Cc1nc(C)c(C)nc1C.Oc1cc(O)cc(O)c1.Oc1cc(O)cc(O)c1.c1cc(CCc2ccncc2)ccn1. The van der Waals surface area contributed by atoms with Gasteiger partial charge in [0.2, 0.25) is 0 Å². The Labute approximate surface area is 304 Å². The zero-order chi connectivity index (χ0) is 38.8. The van der Waals surface area contributed by atoms with Crippen LogP contribution >= 0.6 is 0 Å². The Hall–Kier alpha value is -6.30. The Balaban J connectivity index is 0.000000228. The monoisotopic (exact) mass is 708 g/mol. The van der Waals surface area contributed by atoms with Gasteiger partial charge in [-0.25, -0.2) is 0 Å². The molecule has 274 valence electrons. The summed E-state index contributed by atoms with van der Waals surface area (Å²) in [6.45, 7) is 15.8. The lowest BCUT2D eigenvalue weighted by molar-refractivity contribution is 0.426. The summed E-state index contributed by atoms with van der Waals surface area (Å²) in [5, 5.41) is 52.0. The molecule has 0 amide bonds. The van der Waals surface area contributed by atoms with Gasteiger partial charge in [-0.2, -0.15) is 0 Å². The smallest absolute Gasteiger partial charge is 0.122 e. The van der Waals surface area contributed by atoms with Gasteiger partial charge < -0.3 is 30.6 Å². The molecule has 0 atom stereocenters. The largest absolute Gasteiger partial charge is 0.508 e. The fraction of sp³-hybridized carbons (Fsp3) is 0.250. The van der Waals surface area contributed by atoms with Crippen molar-refractivity contribution in [2.75, 3.05) is 0 Å². The van der Waals surface area contributed by atoms with Gasteiger partial charge in [-0.05, 0) is 104 Å². The third-order valence-electron chi connectivity index (χ3n) is 7.41. The van der Waals surface area contributed by atoms with Gasteiger partial charge in [0.25, 0.3) is 0 Å². The van der Waals surface area contributed by atoms with E-state index in [1.165, 1.54) is 11.1 Å². The number of nitrogens with zero attached hydrogens (tertiary/aromatic N) is 6. The molecular formula is C40H48N6O6. The summed E-state index contributed by atoms with van der Waals surface area (Å²) in [5.41, 5.74) is 10.9. The standard InChI is InChI=1S/C12H12N2.2C8H12N2.2C6H6O3/c1(11-3-7-13-8-4-11)2-12-5-9-14-10-6-12;2*1-5-6(2)10-8(4)7(3)9-5;2*7-4-1-5(8)3-6(9)2-4/h3-10H,1-2H2;2*1-4H3;2*1-3,7-9H. The van der Waals surface area contributed by atoms with E-state index < -0.39 is 0 Å². The summed E-state index contributed by atoms with van der Waals surface area (Å²) in [5.74, 6) is -0.875. The lowest BCUT2D eigenvalue weighted by Gasteiger charge is -2.01. The number of benzene rings is 2. The molecule has 0 spiro atoms.